The van der Waals surface area contributed by atoms with Crippen molar-refractivity contribution in [1.82, 2.24) is 10.4 Å². The van der Waals surface area contributed by atoms with Crippen LogP contribution in [0, 0.1) is 6.92 Å². The molecule has 0 aliphatic rings. The Bertz CT molecular complexity index is 819. The van der Waals surface area contributed by atoms with Crippen LogP contribution in [0.25, 0.3) is 0 Å². The number of methoxy groups -OCH3 is 1. The van der Waals surface area contributed by atoms with E-state index in [-0.39, 0.29) is 18.9 Å². The number of ether oxygens (including phenoxy) is 2. The third-order valence-corrected chi connectivity index (χ3v) is 3.47. The molecule has 2 amide bonds. The van der Waals surface area contributed by atoms with Crippen molar-refractivity contribution in [3.8, 4) is 5.75 Å². The molecule has 0 saturated heterocycles. The first kappa shape index (κ1) is 19.9. The van der Waals surface area contributed by atoms with E-state index in [9.17, 15) is 9.59 Å². The number of hydrogen-bond acceptors (Lipinski definition) is 6. The lowest BCUT2D eigenvalue weighted by molar-refractivity contribution is -0.115. The summed E-state index contributed by atoms with van der Waals surface area (Å²) < 4.78 is 10.1. The van der Waals surface area contributed by atoms with E-state index in [1.165, 1.54) is 0 Å². The number of benzene rings is 1. The third-order valence-electron chi connectivity index (χ3n) is 3.47. The number of amides is 2. The van der Waals surface area contributed by atoms with Gasteiger partial charge in [-0.25, -0.2) is 15.2 Å². The highest BCUT2D eigenvalue weighted by atomic mass is 16.6. The van der Waals surface area contributed by atoms with Crippen LogP contribution >= 0.6 is 0 Å². The average Bonchev–Trinajstić information content (AvgIpc) is 2.65. The van der Waals surface area contributed by atoms with E-state index >= 15 is 0 Å². The Balaban J connectivity index is 1.74. The first-order chi connectivity index (χ1) is 13.0. The number of hydrazone groups is 1. The van der Waals surface area contributed by atoms with Crippen LogP contribution in [0.2, 0.25) is 0 Å². The molecule has 1 aromatic heterocycles. The van der Waals surface area contributed by atoms with Crippen LogP contribution in [-0.2, 0) is 16.1 Å². The lowest BCUT2D eigenvalue weighted by atomic mass is 10.2. The van der Waals surface area contributed by atoms with Crippen molar-refractivity contribution in [3.05, 3.63) is 53.7 Å². The van der Waals surface area contributed by atoms with Crippen LogP contribution in [0.15, 0.2) is 47.7 Å². The Morgan fingerprint density at radius 2 is 1.93 bits per heavy atom. The minimum Gasteiger partial charge on any atom is -0.497 e. The molecular weight excluding hydrogens is 348 g/mol. The second kappa shape index (κ2) is 9.91. The summed E-state index contributed by atoms with van der Waals surface area (Å²) in [6.45, 7) is 3.64. The molecule has 0 atom stereocenters. The van der Waals surface area contributed by atoms with Crippen molar-refractivity contribution >= 4 is 23.5 Å². The number of hydrogen-bond donors (Lipinski definition) is 2. The zero-order chi connectivity index (χ0) is 19.6. The van der Waals surface area contributed by atoms with E-state index < -0.39 is 6.09 Å². The normalized spacial score (nSPS) is 10.9. The summed E-state index contributed by atoms with van der Waals surface area (Å²) in [7, 11) is 1.58. The number of nitrogens with zero attached hydrogens (tertiary/aromatic N) is 2. The summed E-state index contributed by atoms with van der Waals surface area (Å²) >= 11 is 0. The first-order valence-electron chi connectivity index (χ1n) is 8.27. The van der Waals surface area contributed by atoms with Crippen molar-refractivity contribution in [2.45, 2.75) is 26.9 Å². The average molecular weight is 370 g/mol. The number of carbonyl (C=O) groups is 2. The van der Waals surface area contributed by atoms with E-state index in [0.717, 1.165) is 16.9 Å². The monoisotopic (exact) mass is 370 g/mol. The number of aromatic nitrogens is 1. The molecule has 1 aromatic carbocycles. The molecule has 8 heteroatoms. The fourth-order valence-electron chi connectivity index (χ4n) is 2.11. The molecule has 0 saturated carbocycles. The van der Waals surface area contributed by atoms with Crippen molar-refractivity contribution in [3.63, 3.8) is 0 Å². The number of rotatable bonds is 7. The van der Waals surface area contributed by atoms with Gasteiger partial charge in [0.1, 0.15) is 18.2 Å². The molecule has 0 fully saturated rings. The molecule has 0 spiro atoms. The molecule has 0 radical (unpaired) electrons. The maximum absolute atomic E-state index is 12.0. The molecule has 1 heterocycles. The van der Waals surface area contributed by atoms with E-state index in [0.29, 0.717) is 11.5 Å². The number of carbonyl (C=O) groups excluding carboxylic acids is 2. The fourth-order valence-corrected chi connectivity index (χ4v) is 2.11. The lowest BCUT2D eigenvalue weighted by Crippen LogP contribution is -2.22. The molecule has 2 aromatic rings. The highest BCUT2D eigenvalue weighted by molar-refractivity contribution is 6.05. The van der Waals surface area contributed by atoms with Gasteiger partial charge in [-0.3, -0.25) is 4.79 Å². The van der Waals surface area contributed by atoms with Crippen LogP contribution in [0.5, 0.6) is 5.75 Å². The Labute approximate surface area is 157 Å². The van der Waals surface area contributed by atoms with Crippen molar-refractivity contribution in [2.24, 2.45) is 5.10 Å². The van der Waals surface area contributed by atoms with Crippen LogP contribution in [-0.4, -0.2) is 29.8 Å². The summed E-state index contributed by atoms with van der Waals surface area (Å²) in [6, 6.07) is 10.7. The first-order valence-corrected chi connectivity index (χ1v) is 8.27. The van der Waals surface area contributed by atoms with Gasteiger partial charge in [0.2, 0.25) is 5.91 Å². The largest absolute Gasteiger partial charge is 0.497 e. The third kappa shape index (κ3) is 7.15. The molecule has 0 aliphatic heterocycles. The smallest absolute Gasteiger partial charge is 0.428 e. The van der Waals surface area contributed by atoms with Crippen molar-refractivity contribution in [1.29, 1.82) is 0 Å². The number of pyridine rings is 1. The maximum atomic E-state index is 12.0. The summed E-state index contributed by atoms with van der Waals surface area (Å²) in [4.78, 5) is 27.7. The Kier molecular flexibility index (Phi) is 7.30. The molecule has 0 aliphatic carbocycles. The number of nitrogens with one attached hydrogen (secondary N) is 2. The van der Waals surface area contributed by atoms with Gasteiger partial charge in [0.25, 0.3) is 0 Å². The van der Waals surface area contributed by atoms with Crippen molar-refractivity contribution < 1.29 is 19.1 Å². The van der Waals surface area contributed by atoms with Crippen LogP contribution in [0.1, 0.15) is 24.5 Å². The SMILES string of the molecule is COc1ccc(COC(=O)N/N=C(\C)CC(=O)Nc2cc(C)ccn2)cc1. The van der Waals surface area contributed by atoms with E-state index in [1.807, 2.05) is 13.0 Å². The van der Waals surface area contributed by atoms with Gasteiger partial charge in [-0.15, -0.1) is 0 Å². The molecule has 2 N–H and O–H groups in total. The Morgan fingerprint density at radius 3 is 2.59 bits per heavy atom. The molecule has 142 valence electrons. The second-order valence-corrected chi connectivity index (χ2v) is 5.83. The highest BCUT2D eigenvalue weighted by Crippen LogP contribution is 2.12. The van der Waals surface area contributed by atoms with E-state index in [4.69, 9.17) is 9.47 Å². The van der Waals surface area contributed by atoms with E-state index in [1.54, 1.807) is 50.6 Å². The van der Waals surface area contributed by atoms with Crippen LogP contribution in [0.4, 0.5) is 10.6 Å². The highest BCUT2D eigenvalue weighted by Gasteiger charge is 2.07. The quantitative estimate of drug-likeness (QED) is 0.576. The second-order valence-electron chi connectivity index (χ2n) is 5.83. The lowest BCUT2D eigenvalue weighted by Gasteiger charge is -2.07. The molecule has 8 nitrogen and oxygen atoms in total. The van der Waals surface area contributed by atoms with Gasteiger partial charge >= 0.3 is 6.09 Å². The standard InChI is InChI=1S/C19H22N4O4/c1-13-8-9-20-17(10-13)21-18(24)11-14(2)22-23-19(25)27-12-15-4-6-16(26-3)7-5-15/h4-10H,11-12H2,1-3H3,(H,23,25)(H,20,21,24)/b22-14+. The van der Waals surface area contributed by atoms with Crippen LogP contribution in [0.3, 0.4) is 0 Å². The summed E-state index contributed by atoms with van der Waals surface area (Å²) in [5.41, 5.74) is 4.50. The van der Waals surface area contributed by atoms with E-state index in [2.05, 4.69) is 20.8 Å². The topological polar surface area (TPSA) is 102 Å². The summed E-state index contributed by atoms with van der Waals surface area (Å²) in [5, 5.41) is 6.53. The predicted octanol–water partition coefficient (Wildman–Crippen LogP) is 3.03. The van der Waals surface area contributed by atoms with Gasteiger partial charge in [0.15, 0.2) is 0 Å². The van der Waals surface area contributed by atoms with Gasteiger partial charge in [0, 0.05) is 11.9 Å². The van der Waals surface area contributed by atoms with Crippen LogP contribution < -0.4 is 15.5 Å². The van der Waals surface area contributed by atoms with Gasteiger partial charge in [0.05, 0.1) is 13.5 Å². The zero-order valence-corrected chi connectivity index (χ0v) is 15.5. The van der Waals surface area contributed by atoms with Gasteiger partial charge < -0.3 is 14.8 Å². The number of aryl methyl sites for hydroxylation is 1. The van der Waals surface area contributed by atoms with Gasteiger partial charge in [-0.05, 0) is 49.2 Å². The maximum Gasteiger partial charge on any atom is 0.428 e. The van der Waals surface area contributed by atoms with Gasteiger partial charge in [-0.1, -0.05) is 12.1 Å². The fraction of sp³-hybridized carbons (Fsp3) is 0.263. The number of anilines is 1. The van der Waals surface area contributed by atoms with Crippen molar-refractivity contribution in [2.75, 3.05) is 12.4 Å². The molecule has 0 unspecified atom stereocenters. The minimum atomic E-state index is -0.703. The molecular formula is C19H22N4O4. The zero-order valence-electron chi connectivity index (χ0n) is 15.5. The Morgan fingerprint density at radius 1 is 1.19 bits per heavy atom. The molecule has 27 heavy (non-hydrogen) atoms. The Hall–Kier alpha value is -3.42. The summed E-state index contributed by atoms with van der Waals surface area (Å²) in [5.74, 6) is 0.921. The molecule has 2 rings (SSSR count). The predicted molar refractivity (Wildman–Crippen MR) is 102 cm³/mol. The minimum absolute atomic E-state index is 0.0222. The van der Waals surface area contributed by atoms with Gasteiger partial charge in [-0.2, -0.15) is 5.10 Å². The molecule has 0 bridgehead atoms. The summed E-state index contributed by atoms with van der Waals surface area (Å²) in [6.07, 6.45) is 0.937.